The van der Waals surface area contributed by atoms with E-state index in [-0.39, 0.29) is 30.6 Å². The SMILES string of the molecule is Cc1c(C(=O)NCC=Cc2ccc3nc(Nc4ccc(C(=O)NC5CCN(C)CC5)c(Cl)c4)ncc3c2)c(=O)n(Cc2ccc(F)c(F)c2)n1C. The van der Waals surface area contributed by atoms with E-state index in [1.54, 1.807) is 44.4 Å². The Bertz CT molecular complexity index is 2210. The van der Waals surface area contributed by atoms with E-state index in [2.05, 4.69) is 37.9 Å². The van der Waals surface area contributed by atoms with Crippen molar-refractivity contribution >= 4 is 52.0 Å². The van der Waals surface area contributed by atoms with Crippen LogP contribution in [0, 0.1) is 18.6 Å². The fourth-order valence-corrected chi connectivity index (χ4v) is 6.25. The van der Waals surface area contributed by atoms with Crippen molar-refractivity contribution in [2.75, 3.05) is 32.0 Å². The monoisotopic (exact) mass is 714 g/mol. The molecule has 0 unspecified atom stereocenters. The van der Waals surface area contributed by atoms with Crippen LogP contribution >= 0.6 is 11.6 Å². The molecule has 0 saturated carbocycles. The molecule has 264 valence electrons. The first-order valence-corrected chi connectivity index (χ1v) is 16.8. The van der Waals surface area contributed by atoms with E-state index < -0.39 is 23.1 Å². The number of rotatable bonds is 10. The number of hydrogen-bond donors (Lipinski definition) is 3. The highest BCUT2D eigenvalue weighted by atomic mass is 35.5. The van der Waals surface area contributed by atoms with Gasteiger partial charge in [-0.3, -0.25) is 19.1 Å². The predicted octanol–water partition coefficient (Wildman–Crippen LogP) is 5.43. The Hall–Kier alpha value is -5.40. The summed E-state index contributed by atoms with van der Waals surface area (Å²) in [6.07, 6.45) is 7.09. The van der Waals surface area contributed by atoms with E-state index in [9.17, 15) is 23.2 Å². The number of amides is 2. The predicted molar refractivity (Wildman–Crippen MR) is 193 cm³/mol. The zero-order valence-corrected chi connectivity index (χ0v) is 29.1. The topological polar surface area (TPSA) is 126 Å². The molecule has 3 heterocycles. The zero-order valence-electron chi connectivity index (χ0n) is 28.3. The molecular weight excluding hydrogens is 678 g/mol. The number of piperidine rings is 1. The average molecular weight is 715 g/mol. The molecule has 6 rings (SSSR count). The van der Waals surface area contributed by atoms with Crippen LogP contribution in [0.1, 0.15) is 50.4 Å². The van der Waals surface area contributed by atoms with Gasteiger partial charge in [-0.2, -0.15) is 0 Å². The van der Waals surface area contributed by atoms with Gasteiger partial charge < -0.3 is 20.9 Å². The molecule has 0 atom stereocenters. The number of nitrogens with one attached hydrogen (secondary N) is 3. The Balaban J connectivity index is 1.04. The van der Waals surface area contributed by atoms with Gasteiger partial charge >= 0.3 is 0 Å². The largest absolute Gasteiger partial charge is 0.349 e. The van der Waals surface area contributed by atoms with Crippen molar-refractivity contribution in [2.24, 2.45) is 7.05 Å². The second kappa shape index (κ2) is 15.2. The van der Waals surface area contributed by atoms with Crippen LogP contribution in [-0.2, 0) is 13.6 Å². The van der Waals surface area contributed by atoms with Gasteiger partial charge in [0.25, 0.3) is 17.4 Å². The highest BCUT2D eigenvalue weighted by Gasteiger charge is 2.22. The molecule has 1 fully saturated rings. The minimum Gasteiger partial charge on any atom is -0.349 e. The molecule has 11 nitrogen and oxygen atoms in total. The molecule has 3 N–H and O–H groups in total. The summed E-state index contributed by atoms with van der Waals surface area (Å²) in [5.41, 5.74) is 2.89. The molecule has 1 aliphatic rings. The van der Waals surface area contributed by atoms with Gasteiger partial charge in [-0.25, -0.2) is 23.4 Å². The van der Waals surface area contributed by atoms with Crippen molar-refractivity contribution < 1.29 is 18.4 Å². The number of anilines is 2. The Morgan fingerprint density at radius 2 is 1.78 bits per heavy atom. The number of likely N-dealkylation sites (tertiary alicyclic amines) is 1. The molecule has 14 heteroatoms. The van der Waals surface area contributed by atoms with Crippen LogP contribution in [0.3, 0.4) is 0 Å². The molecule has 0 radical (unpaired) electrons. The molecular formula is C37H37ClF2N8O3. The lowest BCUT2D eigenvalue weighted by atomic mass is 10.0. The second-order valence-corrected chi connectivity index (χ2v) is 13.0. The van der Waals surface area contributed by atoms with Crippen molar-refractivity contribution in [3.05, 3.63) is 122 Å². The maximum atomic E-state index is 13.7. The summed E-state index contributed by atoms with van der Waals surface area (Å²) in [6.45, 7) is 3.68. The standard InChI is InChI=1S/C37H37ClF2N8O3/c1-22-33(36(51)48(47(22)3)21-24-6-10-30(39)31(40)18-24)35(50)41-14-4-5-23-7-11-32-25(17-23)20-42-37(45-32)44-27-8-9-28(29(38)19-27)34(49)43-26-12-15-46(2)16-13-26/h4-11,17-20,26H,12-16,21H2,1-3H3,(H,41,50)(H,43,49)(H,42,44,45). The average Bonchev–Trinajstić information content (AvgIpc) is 3.31. The van der Waals surface area contributed by atoms with E-state index in [4.69, 9.17) is 11.6 Å². The molecule has 51 heavy (non-hydrogen) atoms. The lowest BCUT2D eigenvalue weighted by Crippen LogP contribution is -2.43. The van der Waals surface area contributed by atoms with Crippen LogP contribution in [-0.4, -0.2) is 68.8 Å². The molecule has 2 amide bonds. The number of aromatic nitrogens is 4. The zero-order chi connectivity index (χ0) is 36.2. The number of benzene rings is 3. The fourth-order valence-electron chi connectivity index (χ4n) is 5.99. The summed E-state index contributed by atoms with van der Waals surface area (Å²) in [5, 5.41) is 10.1. The molecule has 3 aromatic carbocycles. The molecule has 1 saturated heterocycles. The van der Waals surface area contributed by atoms with E-state index in [1.165, 1.54) is 15.4 Å². The van der Waals surface area contributed by atoms with Crippen molar-refractivity contribution in [2.45, 2.75) is 32.4 Å². The second-order valence-electron chi connectivity index (χ2n) is 12.6. The summed E-state index contributed by atoms with van der Waals surface area (Å²) >= 11 is 6.49. The Morgan fingerprint density at radius 3 is 2.53 bits per heavy atom. The Labute approximate surface area is 297 Å². The third-order valence-electron chi connectivity index (χ3n) is 9.02. The van der Waals surface area contributed by atoms with Crippen LogP contribution in [0.15, 0.2) is 71.7 Å². The highest BCUT2D eigenvalue weighted by Crippen LogP contribution is 2.24. The maximum Gasteiger partial charge on any atom is 0.280 e. The summed E-state index contributed by atoms with van der Waals surface area (Å²) < 4.78 is 29.9. The van der Waals surface area contributed by atoms with Gasteiger partial charge in [0.1, 0.15) is 5.56 Å². The van der Waals surface area contributed by atoms with E-state index in [0.717, 1.165) is 49.0 Å². The molecule has 2 aromatic heterocycles. The van der Waals surface area contributed by atoms with Gasteiger partial charge in [0.2, 0.25) is 5.95 Å². The molecule has 1 aliphatic heterocycles. The van der Waals surface area contributed by atoms with E-state index in [1.807, 2.05) is 24.3 Å². The first-order valence-electron chi connectivity index (χ1n) is 16.4. The van der Waals surface area contributed by atoms with Crippen LogP contribution < -0.4 is 21.5 Å². The minimum absolute atomic E-state index is 0.0209. The van der Waals surface area contributed by atoms with Gasteiger partial charge in [0.15, 0.2) is 11.6 Å². The third-order valence-corrected chi connectivity index (χ3v) is 9.33. The van der Waals surface area contributed by atoms with Crippen LogP contribution in [0.25, 0.3) is 17.0 Å². The molecule has 0 aliphatic carbocycles. The van der Waals surface area contributed by atoms with Gasteiger partial charge in [0, 0.05) is 42.6 Å². The first kappa shape index (κ1) is 35.4. The number of fused-ring (bicyclic) bond motifs is 1. The Kier molecular flexibility index (Phi) is 10.6. The Morgan fingerprint density at radius 1 is 1.00 bits per heavy atom. The van der Waals surface area contributed by atoms with Gasteiger partial charge in [-0.05, 0) is 93.5 Å². The number of carbonyl (C=O) groups is 2. The molecule has 0 spiro atoms. The minimum atomic E-state index is -1.01. The number of halogens is 3. The first-order chi connectivity index (χ1) is 24.5. The van der Waals surface area contributed by atoms with Crippen molar-refractivity contribution in [1.82, 2.24) is 34.9 Å². The van der Waals surface area contributed by atoms with Gasteiger partial charge in [-0.1, -0.05) is 35.9 Å². The van der Waals surface area contributed by atoms with Crippen LogP contribution in [0.4, 0.5) is 20.4 Å². The van der Waals surface area contributed by atoms with Crippen molar-refractivity contribution in [1.29, 1.82) is 0 Å². The van der Waals surface area contributed by atoms with Crippen LogP contribution in [0.5, 0.6) is 0 Å². The lowest BCUT2D eigenvalue weighted by molar-refractivity contribution is 0.0915. The van der Waals surface area contributed by atoms with Gasteiger partial charge in [0.05, 0.1) is 22.6 Å². The van der Waals surface area contributed by atoms with Crippen molar-refractivity contribution in [3.8, 4) is 0 Å². The highest BCUT2D eigenvalue weighted by molar-refractivity contribution is 6.34. The fraction of sp³-hybridized carbons (Fsp3) is 0.270. The van der Waals surface area contributed by atoms with Gasteiger partial charge in [-0.15, -0.1) is 0 Å². The number of carbonyl (C=O) groups excluding carboxylic acids is 2. The maximum absolute atomic E-state index is 13.7. The quantitative estimate of drug-likeness (QED) is 0.176. The third kappa shape index (κ3) is 8.16. The van der Waals surface area contributed by atoms with Crippen LogP contribution in [0.2, 0.25) is 5.02 Å². The summed E-state index contributed by atoms with van der Waals surface area (Å²) in [7, 11) is 3.70. The summed E-state index contributed by atoms with van der Waals surface area (Å²) in [4.78, 5) is 50.2. The normalized spacial score (nSPS) is 13.9. The smallest absolute Gasteiger partial charge is 0.280 e. The molecule has 5 aromatic rings. The van der Waals surface area contributed by atoms with E-state index >= 15 is 0 Å². The molecule has 0 bridgehead atoms. The summed E-state index contributed by atoms with van der Waals surface area (Å²) in [5.74, 6) is -2.34. The summed E-state index contributed by atoms with van der Waals surface area (Å²) in [6, 6.07) is 14.3. The number of nitrogens with zero attached hydrogens (tertiary/aromatic N) is 5. The lowest BCUT2D eigenvalue weighted by Gasteiger charge is -2.29. The van der Waals surface area contributed by atoms with E-state index in [0.29, 0.717) is 39.0 Å². The van der Waals surface area contributed by atoms with Crippen molar-refractivity contribution in [3.63, 3.8) is 0 Å². The number of hydrogen-bond acceptors (Lipinski definition) is 7.